The molecule has 0 bridgehead atoms. The van der Waals surface area contributed by atoms with E-state index >= 15 is 0 Å². The fourth-order valence-electron chi connectivity index (χ4n) is 1.11. The zero-order chi connectivity index (χ0) is 9.80. The second-order valence-corrected chi connectivity index (χ2v) is 2.58. The zero-order valence-corrected chi connectivity index (χ0v) is 7.31. The molecule has 0 saturated heterocycles. The lowest BCUT2D eigenvalue weighted by molar-refractivity contribution is 1.11. The van der Waals surface area contributed by atoms with Crippen LogP contribution in [0.15, 0.2) is 24.8 Å². The quantitative estimate of drug-likeness (QED) is 0.571. The standard InChI is InChI=1S/C10H6N4/c11-4-2-1-3-9-7-13-10-8-12-5-6-14(9)10/h5-8H,2H2. The van der Waals surface area contributed by atoms with Crippen molar-refractivity contribution in [3.63, 3.8) is 0 Å². The predicted molar refractivity (Wildman–Crippen MR) is 50.1 cm³/mol. The van der Waals surface area contributed by atoms with Crippen molar-refractivity contribution in [2.24, 2.45) is 0 Å². The van der Waals surface area contributed by atoms with Crippen LogP contribution in [0.2, 0.25) is 0 Å². The second-order valence-electron chi connectivity index (χ2n) is 2.58. The van der Waals surface area contributed by atoms with Crippen molar-refractivity contribution in [3.8, 4) is 17.9 Å². The molecule has 0 unspecified atom stereocenters. The van der Waals surface area contributed by atoms with Crippen molar-refractivity contribution < 1.29 is 0 Å². The Labute approximate surface area is 80.8 Å². The van der Waals surface area contributed by atoms with Crippen LogP contribution in [-0.2, 0) is 0 Å². The highest BCUT2D eigenvalue weighted by atomic mass is 15.0. The number of aromatic nitrogens is 3. The van der Waals surface area contributed by atoms with Gasteiger partial charge in [0.1, 0.15) is 5.69 Å². The Hall–Kier alpha value is -2.33. The lowest BCUT2D eigenvalue weighted by Gasteiger charge is -1.91. The smallest absolute Gasteiger partial charge is 0.156 e. The third-order valence-electron chi connectivity index (χ3n) is 1.70. The molecule has 2 aromatic heterocycles. The summed E-state index contributed by atoms with van der Waals surface area (Å²) in [6, 6.07) is 1.96. The molecule has 0 aliphatic carbocycles. The van der Waals surface area contributed by atoms with Gasteiger partial charge in [0.25, 0.3) is 0 Å². The molecule has 0 aromatic carbocycles. The molecule has 0 amide bonds. The molecule has 2 rings (SSSR count). The van der Waals surface area contributed by atoms with Gasteiger partial charge in [-0.3, -0.25) is 9.38 Å². The molecule has 66 valence electrons. The molecule has 0 radical (unpaired) electrons. The molecule has 2 aromatic rings. The average Bonchev–Trinajstić information content (AvgIpc) is 2.63. The van der Waals surface area contributed by atoms with E-state index in [1.165, 1.54) is 0 Å². The monoisotopic (exact) mass is 182 g/mol. The molecule has 0 atom stereocenters. The number of nitriles is 1. The third kappa shape index (κ3) is 1.41. The van der Waals surface area contributed by atoms with E-state index in [9.17, 15) is 0 Å². The van der Waals surface area contributed by atoms with Crippen LogP contribution >= 0.6 is 0 Å². The minimum atomic E-state index is 0.234. The molecule has 0 aliphatic heterocycles. The highest BCUT2D eigenvalue weighted by molar-refractivity contribution is 5.42. The van der Waals surface area contributed by atoms with Crippen molar-refractivity contribution in [2.75, 3.05) is 0 Å². The molecule has 4 nitrogen and oxygen atoms in total. The van der Waals surface area contributed by atoms with E-state index in [0.29, 0.717) is 0 Å². The van der Waals surface area contributed by atoms with E-state index in [2.05, 4.69) is 21.8 Å². The van der Waals surface area contributed by atoms with E-state index < -0.39 is 0 Å². The highest BCUT2D eigenvalue weighted by Crippen LogP contribution is 2.02. The van der Waals surface area contributed by atoms with Gasteiger partial charge in [-0.1, -0.05) is 5.92 Å². The van der Waals surface area contributed by atoms with Gasteiger partial charge in [0.05, 0.1) is 24.9 Å². The molecular formula is C10H6N4. The van der Waals surface area contributed by atoms with Crippen molar-refractivity contribution in [2.45, 2.75) is 6.42 Å². The second kappa shape index (κ2) is 3.59. The van der Waals surface area contributed by atoms with Crippen molar-refractivity contribution in [1.82, 2.24) is 14.4 Å². The first-order valence-electron chi connectivity index (χ1n) is 4.05. The maximum Gasteiger partial charge on any atom is 0.156 e. The Kier molecular flexibility index (Phi) is 2.12. The number of rotatable bonds is 0. The molecule has 0 aliphatic rings. The van der Waals surface area contributed by atoms with Gasteiger partial charge in [0.15, 0.2) is 5.65 Å². The highest BCUT2D eigenvalue weighted by Gasteiger charge is 1.97. The fraction of sp³-hybridized carbons (Fsp3) is 0.100. The summed E-state index contributed by atoms with van der Waals surface area (Å²) >= 11 is 0. The summed E-state index contributed by atoms with van der Waals surface area (Å²) in [5.41, 5.74) is 1.53. The molecule has 4 heteroatoms. The zero-order valence-electron chi connectivity index (χ0n) is 7.31. The summed E-state index contributed by atoms with van der Waals surface area (Å²) in [4.78, 5) is 8.05. The largest absolute Gasteiger partial charge is 0.290 e. The van der Waals surface area contributed by atoms with Gasteiger partial charge >= 0.3 is 0 Å². The summed E-state index contributed by atoms with van der Waals surface area (Å²) in [6.45, 7) is 0. The normalized spacial score (nSPS) is 9.07. The topological polar surface area (TPSA) is 54.0 Å². The Balaban J connectivity index is 2.46. The third-order valence-corrected chi connectivity index (χ3v) is 1.70. The predicted octanol–water partition coefficient (Wildman–Crippen LogP) is 0.994. The molecule has 0 saturated carbocycles. The number of hydrogen-bond donors (Lipinski definition) is 0. The van der Waals surface area contributed by atoms with Crippen molar-refractivity contribution in [3.05, 3.63) is 30.5 Å². The van der Waals surface area contributed by atoms with Crippen LogP contribution in [0, 0.1) is 23.2 Å². The molecule has 0 N–H and O–H groups in total. The lowest BCUT2D eigenvalue weighted by Crippen LogP contribution is -1.87. The molecule has 14 heavy (non-hydrogen) atoms. The summed E-state index contributed by atoms with van der Waals surface area (Å²) in [7, 11) is 0. The minimum Gasteiger partial charge on any atom is -0.290 e. The average molecular weight is 182 g/mol. The van der Waals surface area contributed by atoms with E-state index in [1.807, 2.05) is 10.5 Å². The number of imidazole rings is 1. The SMILES string of the molecule is N#CCC#Cc1cnc2cnccn12. The Morgan fingerprint density at radius 2 is 2.36 bits per heavy atom. The summed E-state index contributed by atoms with van der Waals surface area (Å²) < 4.78 is 1.83. The first kappa shape index (κ1) is 8.28. The van der Waals surface area contributed by atoms with Gasteiger partial charge in [-0.05, 0) is 5.92 Å². The minimum absolute atomic E-state index is 0.234. The van der Waals surface area contributed by atoms with Gasteiger partial charge in [0.2, 0.25) is 0 Å². The maximum atomic E-state index is 8.32. The molecular weight excluding hydrogens is 176 g/mol. The van der Waals surface area contributed by atoms with Gasteiger partial charge < -0.3 is 0 Å². The number of nitrogens with zero attached hydrogens (tertiary/aromatic N) is 4. The number of fused-ring (bicyclic) bond motifs is 1. The van der Waals surface area contributed by atoms with Crippen LogP contribution in [0.1, 0.15) is 12.1 Å². The van der Waals surface area contributed by atoms with Gasteiger partial charge in [0, 0.05) is 12.4 Å². The molecule has 0 spiro atoms. The van der Waals surface area contributed by atoms with E-state index in [4.69, 9.17) is 5.26 Å². The van der Waals surface area contributed by atoms with Gasteiger partial charge in [-0.25, -0.2) is 4.98 Å². The van der Waals surface area contributed by atoms with Crippen LogP contribution in [0.4, 0.5) is 0 Å². The summed E-state index contributed by atoms with van der Waals surface area (Å²) in [6.07, 6.45) is 7.03. The Morgan fingerprint density at radius 1 is 1.43 bits per heavy atom. The van der Waals surface area contributed by atoms with E-state index in [1.54, 1.807) is 24.8 Å². The number of hydrogen-bond acceptors (Lipinski definition) is 3. The maximum absolute atomic E-state index is 8.32. The van der Waals surface area contributed by atoms with Crippen molar-refractivity contribution >= 4 is 5.65 Å². The first-order valence-corrected chi connectivity index (χ1v) is 4.05. The Morgan fingerprint density at radius 3 is 3.21 bits per heavy atom. The van der Waals surface area contributed by atoms with Crippen LogP contribution < -0.4 is 0 Å². The fourth-order valence-corrected chi connectivity index (χ4v) is 1.11. The van der Waals surface area contributed by atoms with Crippen LogP contribution in [0.3, 0.4) is 0 Å². The van der Waals surface area contributed by atoms with Crippen LogP contribution in [-0.4, -0.2) is 14.4 Å². The van der Waals surface area contributed by atoms with Crippen molar-refractivity contribution in [1.29, 1.82) is 5.26 Å². The molecule has 0 fully saturated rings. The van der Waals surface area contributed by atoms with Crippen LogP contribution in [0.5, 0.6) is 0 Å². The first-order chi connectivity index (χ1) is 6.92. The van der Waals surface area contributed by atoms with Gasteiger partial charge in [-0.2, -0.15) is 5.26 Å². The van der Waals surface area contributed by atoms with Gasteiger partial charge in [-0.15, -0.1) is 0 Å². The molecule has 2 heterocycles. The summed E-state index contributed by atoms with van der Waals surface area (Å²) in [5, 5.41) is 8.32. The van der Waals surface area contributed by atoms with Crippen LogP contribution in [0.25, 0.3) is 5.65 Å². The van der Waals surface area contributed by atoms with E-state index in [-0.39, 0.29) is 6.42 Å². The lowest BCUT2D eigenvalue weighted by atomic mass is 10.4. The summed E-state index contributed by atoms with van der Waals surface area (Å²) in [5.74, 6) is 5.61. The Bertz CT molecular complexity index is 550. The van der Waals surface area contributed by atoms with E-state index in [0.717, 1.165) is 11.3 Å².